The maximum atomic E-state index is 11.2. The molecule has 1 N–H and O–H groups in total. The Hall–Kier alpha value is -0.320. The number of benzene rings is 1. The van der Waals surface area contributed by atoms with Crippen LogP contribution in [0.1, 0.15) is 25.5 Å². The van der Waals surface area contributed by atoms with Crippen LogP contribution in [0.25, 0.3) is 0 Å². The van der Waals surface area contributed by atoms with Crippen molar-refractivity contribution in [2.45, 2.75) is 30.0 Å². The molecule has 0 fully saturated rings. The Labute approximate surface area is 111 Å². The van der Waals surface area contributed by atoms with E-state index in [4.69, 9.17) is 0 Å². The summed E-state index contributed by atoms with van der Waals surface area (Å²) in [4.78, 5) is 1.28. The molecule has 1 aromatic rings. The van der Waals surface area contributed by atoms with Gasteiger partial charge in [-0.15, -0.1) is 11.8 Å². The minimum atomic E-state index is -0.754. The number of rotatable bonds is 6. The molecule has 0 saturated carbocycles. The van der Waals surface area contributed by atoms with E-state index < -0.39 is 10.8 Å². The zero-order valence-corrected chi connectivity index (χ0v) is 12.5. The highest BCUT2D eigenvalue weighted by Crippen LogP contribution is 2.18. The highest BCUT2D eigenvalue weighted by atomic mass is 32.2. The molecule has 2 nitrogen and oxygen atoms in total. The van der Waals surface area contributed by atoms with E-state index in [1.54, 1.807) is 18.0 Å². The molecule has 0 bridgehead atoms. The van der Waals surface area contributed by atoms with Crippen molar-refractivity contribution in [2.75, 3.05) is 19.1 Å². The molecule has 1 rings (SSSR count). The van der Waals surface area contributed by atoms with Gasteiger partial charge in [-0.2, -0.15) is 0 Å². The molecule has 0 radical (unpaired) electrons. The SMILES string of the molecule is CSc1ccc(C(C)NCC(C)S(C)=O)cc1. The van der Waals surface area contributed by atoms with Crippen LogP contribution in [0, 0.1) is 0 Å². The Morgan fingerprint density at radius 2 is 1.88 bits per heavy atom. The Balaban J connectivity index is 2.51. The lowest BCUT2D eigenvalue weighted by Crippen LogP contribution is -2.29. The van der Waals surface area contributed by atoms with Gasteiger partial charge in [0.25, 0.3) is 0 Å². The van der Waals surface area contributed by atoms with Crippen LogP contribution in [0.4, 0.5) is 0 Å². The Bertz CT molecular complexity index is 364. The molecule has 17 heavy (non-hydrogen) atoms. The largest absolute Gasteiger partial charge is 0.309 e. The summed E-state index contributed by atoms with van der Waals surface area (Å²) in [6.45, 7) is 4.93. The maximum Gasteiger partial charge on any atom is 0.0441 e. The zero-order valence-electron chi connectivity index (χ0n) is 10.9. The molecular formula is C13H21NOS2. The lowest BCUT2D eigenvalue weighted by molar-refractivity contribution is 0.568. The van der Waals surface area contributed by atoms with Crippen LogP contribution >= 0.6 is 11.8 Å². The van der Waals surface area contributed by atoms with Crippen LogP contribution in [-0.2, 0) is 10.8 Å². The molecule has 4 heteroatoms. The molecule has 0 aliphatic carbocycles. The fraction of sp³-hybridized carbons (Fsp3) is 0.538. The summed E-state index contributed by atoms with van der Waals surface area (Å²) in [6, 6.07) is 8.88. The standard InChI is InChI=1S/C13H21NOS2/c1-10(17(4)15)9-14-11(2)12-5-7-13(16-3)8-6-12/h5-8,10-11,14H,9H2,1-4H3. The summed E-state index contributed by atoms with van der Waals surface area (Å²) in [5, 5.41) is 3.61. The fourth-order valence-corrected chi connectivity index (χ4v) is 2.21. The van der Waals surface area contributed by atoms with Gasteiger partial charge in [0, 0.05) is 39.8 Å². The average Bonchev–Trinajstić information content (AvgIpc) is 2.35. The lowest BCUT2D eigenvalue weighted by Gasteiger charge is -2.17. The molecule has 0 amide bonds. The quantitative estimate of drug-likeness (QED) is 0.807. The van der Waals surface area contributed by atoms with Crippen molar-refractivity contribution in [2.24, 2.45) is 0 Å². The van der Waals surface area contributed by atoms with Crippen molar-refractivity contribution >= 4 is 22.6 Å². The highest BCUT2D eigenvalue weighted by Gasteiger charge is 2.09. The summed E-state index contributed by atoms with van der Waals surface area (Å²) in [7, 11) is -0.754. The summed E-state index contributed by atoms with van der Waals surface area (Å²) < 4.78 is 11.2. The lowest BCUT2D eigenvalue weighted by atomic mass is 10.1. The van der Waals surface area contributed by atoms with Crippen LogP contribution in [0.2, 0.25) is 0 Å². The van der Waals surface area contributed by atoms with Crippen molar-refractivity contribution < 1.29 is 4.21 Å². The molecular weight excluding hydrogens is 250 g/mol. The molecule has 0 aliphatic rings. The molecule has 96 valence electrons. The first-order chi connectivity index (χ1) is 8.04. The first kappa shape index (κ1) is 14.7. The van der Waals surface area contributed by atoms with Crippen molar-refractivity contribution in [1.82, 2.24) is 5.32 Å². The van der Waals surface area contributed by atoms with Gasteiger partial charge in [-0.3, -0.25) is 4.21 Å². The molecule has 0 saturated heterocycles. The summed E-state index contributed by atoms with van der Waals surface area (Å²) in [5.41, 5.74) is 1.27. The smallest absolute Gasteiger partial charge is 0.0441 e. The summed E-state index contributed by atoms with van der Waals surface area (Å²) in [6.07, 6.45) is 3.83. The van der Waals surface area contributed by atoms with Gasteiger partial charge in [0.1, 0.15) is 0 Å². The van der Waals surface area contributed by atoms with Crippen LogP contribution in [0.5, 0.6) is 0 Å². The molecule has 0 spiro atoms. The van der Waals surface area contributed by atoms with Gasteiger partial charge in [0.15, 0.2) is 0 Å². The summed E-state index contributed by atoms with van der Waals surface area (Å²) in [5.74, 6) is 0. The third-order valence-corrected chi connectivity index (χ3v) is 4.94. The van der Waals surface area contributed by atoms with Crippen molar-refractivity contribution in [3.05, 3.63) is 29.8 Å². The molecule has 0 aromatic heterocycles. The number of thioether (sulfide) groups is 1. The van der Waals surface area contributed by atoms with Gasteiger partial charge in [-0.05, 0) is 37.8 Å². The molecule has 0 heterocycles. The van der Waals surface area contributed by atoms with Crippen LogP contribution < -0.4 is 5.32 Å². The fourth-order valence-electron chi connectivity index (χ4n) is 1.47. The van der Waals surface area contributed by atoms with Gasteiger partial charge in [0.2, 0.25) is 0 Å². The van der Waals surface area contributed by atoms with Crippen LogP contribution in [0.15, 0.2) is 29.2 Å². The van der Waals surface area contributed by atoms with Gasteiger partial charge < -0.3 is 5.32 Å². The Kier molecular flexibility index (Phi) is 6.23. The predicted molar refractivity (Wildman–Crippen MR) is 78.2 cm³/mol. The van der Waals surface area contributed by atoms with E-state index in [0.29, 0.717) is 6.04 Å². The van der Waals surface area contributed by atoms with E-state index in [-0.39, 0.29) is 5.25 Å². The van der Waals surface area contributed by atoms with Crippen molar-refractivity contribution in [3.63, 3.8) is 0 Å². The third-order valence-electron chi connectivity index (χ3n) is 2.89. The molecule has 3 atom stereocenters. The van der Waals surface area contributed by atoms with Crippen molar-refractivity contribution in [1.29, 1.82) is 0 Å². The van der Waals surface area contributed by atoms with E-state index in [2.05, 4.69) is 42.8 Å². The van der Waals surface area contributed by atoms with Gasteiger partial charge in [0.05, 0.1) is 0 Å². The second-order valence-electron chi connectivity index (χ2n) is 4.21. The minimum absolute atomic E-state index is 0.197. The first-order valence-corrected chi connectivity index (χ1v) is 8.58. The van der Waals surface area contributed by atoms with E-state index in [0.717, 1.165) is 6.54 Å². The monoisotopic (exact) mass is 271 g/mol. The first-order valence-electron chi connectivity index (χ1n) is 5.74. The van der Waals surface area contributed by atoms with E-state index in [1.165, 1.54) is 10.5 Å². The number of hydrogen-bond acceptors (Lipinski definition) is 3. The van der Waals surface area contributed by atoms with Gasteiger partial charge in [-0.1, -0.05) is 12.1 Å². The van der Waals surface area contributed by atoms with Crippen molar-refractivity contribution in [3.8, 4) is 0 Å². The topological polar surface area (TPSA) is 29.1 Å². The maximum absolute atomic E-state index is 11.2. The highest BCUT2D eigenvalue weighted by molar-refractivity contribution is 7.98. The predicted octanol–water partition coefficient (Wildman–Crippen LogP) is 2.83. The summed E-state index contributed by atoms with van der Waals surface area (Å²) >= 11 is 1.75. The zero-order chi connectivity index (χ0) is 12.8. The Morgan fingerprint density at radius 1 is 1.29 bits per heavy atom. The van der Waals surface area contributed by atoms with Gasteiger partial charge in [-0.25, -0.2) is 0 Å². The molecule has 1 aromatic carbocycles. The van der Waals surface area contributed by atoms with E-state index in [9.17, 15) is 4.21 Å². The average molecular weight is 271 g/mol. The number of nitrogens with one attached hydrogen (secondary N) is 1. The van der Waals surface area contributed by atoms with Crippen LogP contribution in [-0.4, -0.2) is 28.5 Å². The second kappa shape index (κ2) is 7.19. The second-order valence-corrected chi connectivity index (χ2v) is 6.89. The number of hydrogen-bond donors (Lipinski definition) is 1. The molecule has 3 unspecified atom stereocenters. The molecule has 0 aliphatic heterocycles. The van der Waals surface area contributed by atoms with E-state index in [1.807, 2.05) is 6.92 Å². The Morgan fingerprint density at radius 3 is 2.35 bits per heavy atom. The van der Waals surface area contributed by atoms with Crippen LogP contribution in [0.3, 0.4) is 0 Å². The minimum Gasteiger partial charge on any atom is -0.309 e. The normalized spacial score (nSPS) is 16.5. The third kappa shape index (κ3) is 4.82. The van der Waals surface area contributed by atoms with Gasteiger partial charge >= 0.3 is 0 Å². The van der Waals surface area contributed by atoms with E-state index >= 15 is 0 Å².